The van der Waals surface area contributed by atoms with Crippen molar-refractivity contribution >= 4 is 15.9 Å². The summed E-state index contributed by atoms with van der Waals surface area (Å²) in [5, 5.41) is 12.1. The quantitative estimate of drug-likeness (QED) is 0.917. The van der Waals surface area contributed by atoms with E-state index < -0.39 is 0 Å². The fraction of sp³-hybridized carbons (Fsp3) is 0.538. The van der Waals surface area contributed by atoms with Gasteiger partial charge in [-0.05, 0) is 43.7 Å². The molecule has 0 fully saturated rings. The third-order valence-corrected chi connectivity index (χ3v) is 4.36. The lowest BCUT2D eigenvalue weighted by Gasteiger charge is -2.08. The number of hydrogen-bond donors (Lipinski definition) is 1. The molecule has 0 aromatic carbocycles. The lowest BCUT2D eigenvalue weighted by molar-refractivity contribution is 0.566. The first-order chi connectivity index (χ1) is 9.08. The van der Waals surface area contributed by atoms with Crippen molar-refractivity contribution in [1.29, 1.82) is 0 Å². The third-order valence-electron chi connectivity index (χ3n) is 3.32. The van der Waals surface area contributed by atoms with Crippen LogP contribution in [-0.2, 0) is 19.6 Å². The van der Waals surface area contributed by atoms with Crippen LogP contribution in [0.1, 0.15) is 29.6 Å². The highest BCUT2D eigenvalue weighted by molar-refractivity contribution is 9.10. The molecule has 0 amide bonds. The van der Waals surface area contributed by atoms with Crippen molar-refractivity contribution in [2.45, 2.75) is 40.4 Å². The van der Waals surface area contributed by atoms with E-state index in [4.69, 9.17) is 0 Å². The largest absolute Gasteiger partial charge is 0.316 e. The minimum Gasteiger partial charge on any atom is -0.316 e. The highest BCUT2D eigenvalue weighted by Crippen LogP contribution is 2.22. The summed E-state index contributed by atoms with van der Waals surface area (Å²) in [5.41, 5.74) is 4.62. The molecule has 0 bridgehead atoms. The maximum absolute atomic E-state index is 4.51. The van der Waals surface area contributed by atoms with E-state index in [0.717, 1.165) is 29.8 Å². The van der Waals surface area contributed by atoms with Crippen LogP contribution in [0.15, 0.2) is 10.7 Å². The molecule has 0 atom stereocenters. The maximum Gasteiger partial charge on any atom is 0.0842 e. The van der Waals surface area contributed by atoms with Crippen LogP contribution in [0.3, 0.4) is 0 Å². The van der Waals surface area contributed by atoms with Gasteiger partial charge < -0.3 is 5.32 Å². The van der Waals surface area contributed by atoms with Crippen molar-refractivity contribution in [3.63, 3.8) is 0 Å². The average Bonchev–Trinajstić information content (AvgIpc) is 2.87. The van der Waals surface area contributed by atoms with E-state index in [9.17, 15) is 0 Å². The molecule has 0 saturated heterocycles. The molecule has 1 N–H and O–H groups in total. The van der Waals surface area contributed by atoms with Crippen molar-refractivity contribution in [2.75, 3.05) is 7.05 Å². The van der Waals surface area contributed by atoms with Gasteiger partial charge in [0.1, 0.15) is 0 Å². The number of halogens is 1. The Bertz CT molecular complexity index is 570. The van der Waals surface area contributed by atoms with E-state index in [2.05, 4.69) is 45.3 Å². The van der Waals surface area contributed by atoms with Crippen LogP contribution < -0.4 is 5.32 Å². The summed E-state index contributed by atoms with van der Waals surface area (Å²) in [7, 11) is 1.95. The minimum atomic E-state index is 0.741. The minimum absolute atomic E-state index is 0.741. The highest BCUT2D eigenvalue weighted by Gasteiger charge is 2.14. The zero-order valence-corrected chi connectivity index (χ0v) is 13.5. The number of hydrogen-bond acceptors (Lipinski definition) is 3. The highest BCUT2D eigenvalue weighted by atomic mass is 79.9. The molecule has 2 aromatic rings. The van der Waals surface area contributed by atoms with Crippen LogP contribution in [0.25, 0.3) is 0 Å². The van der Waals surface area contributed by atoms with E-state index in [1.54, 1.807) is 0 Å². The molecular formula is C13H20BrN5. The zero-order valence-electron chi connectivity index (χ0n) is 11.9. The standard InChI is InChI=1S/C13H20BrN5/c1-5-18-12(13(14)9(2)17-18)8-19-10(3)11(6-15-4)7-16-19/h7,15H,5-6,8H2,1-4H3. The van der Waals surface area contributed by atoms with Gasteiger partial charge in [-0.1, -0.05) is 0 Å². The van der Waals surface area contributed by atoms with E-state index in [1.807, 2.05) is 29.5 Å². The summed E-state index contributed by atoms with van der Waals surface area (Å²) in [6, 6.07) is 0. The molecule has 5 nitrogen and oxygen atoms in total. The van der Waals surface area contributed by atoms with Crippen LogP contribution in [0.2, 0.25) is 0 Å². The molecule has 0 aliphatic rings. The number of nitrogens with one attached hydrogen (secondary N) is 1. The molecule has 0 saturated carbocycles. The SMILES string of the molecule is CCn1nc(C)c(Br)c1Cn1ncc(CNC)c1C. The van der Waals surface area contributed by atoms with Gasteiger partial charge in [0.05, 0.1) is 28.6 Å². The molecule has 0 unspecified atom stereocenters. The first kappa shape index (κ1) is 14.3. The topological polar surface area (TPSA) is 47.7 Å². The van der Waals surface area contributed by atoms with Gasteiger partial charge in [-0.25, -0.2) is 0 Å². The molecule has 0 aliphatic heterocycles. The van der Waals surface area contributed by atoms with Gasteiger partial charge in [0.25, 0.3) is 0 Å². The number of nitrogens with zero attached hydrogens (tertiary/aromatic N) is 4. The molecule has 0 aliphatic carbocycles. The molecule has 2 rings (SSSR count). The predicted octanol–water partition coefficient (Wildman–Crippen LogP) is 2.25. The van der Waals surface area contributed by atoms with Crippen molar-refractivity contribution in [3.05, 3.63) is 33.3 Å². The van der Waals surface area contributed by atoms with Gasteiger partial charge in [-0.15, -0.1) is 0 Å². The molecule has 6 heteroatoms. The molecule has 0 radical (unpaired) electrons. The molecule has 2 aromatic heterocycles. The summed E-state index contributed by atoms with van der Waals surface area (Å²) >= 11 is 3.62. The lowest BCUT2D eigenvalue weighted by atomic mass is 10.2. The normalized spacial score (nSPS) is 11.2. The van der Waals surface area contributed by atoms with Gasteiger partial charge in [0.15, 0.2) is 0 Å². The average molecular weight is 326 g/mol. The Morgan fingerprint density at radius 2 is 2.05 bits per heavy atom. The fourth-order valence-electron chi connectivity index (χ4n) is 2.17. The Balaban J connectivity index is 2.31. The molecule has 0 spiro atoms. The summed E-state index contributed by atoms with van der Waals surface area (Å²) in [6.45, 7) is 8.68. The number of aromatic nitrogens is 4. The van der Waals surface area contributed by atoms with E-state index in [0.29, 0.717) is 0 Å². The summed E-state index contributed by atoms with van der Waals surface area (Å²) in [6.07, 6.45) is 1.93. The van der Waals surface area contributed by atoms with Gasteiger partial charge in [-0.2, -0.15) is 10.2 Å². The second-order valence-corrected chi connectivity index (χ2v) is 5.40. The summed E-state index contributed by atoms with van der Waals surface area (Å²) in [4.78, 5) is 0. The monoisotopic (exact) mass is 325 g/mol. The van der Waals surface area contributed by atoms with Crippen LogP contribution in [-0.4, -0.2) is 26.6 Å². The van der Waals surface area contributed by atoms with Gasteiger partial charge in [-0.3, -0.25) is 9.36 Å². The van der Waals surface area contributed by atoms with Crippen molar-refractivity contribution in [3.8, 4) is 0 Å². The Kier molecular flexibility index (Phi) is 4.42. The Morgan fingerprint density at radius 1 is 1.32 bits per heavy atom. The number of rotatable bonds is 5. The Labute approximate surface area is 122 Å². The first-order valence-corrected chi connectivity index (χ1v) is 7.25. The van der Waals surface area contributed by atoms with Gasteiger partial charge >= 0.3 is 0 Å². The summed E-state index contributed by atoms with van der Waals surface area (Å²) in [5.74, 6) is 0. The first-order valence-electron chi connectivity index (χ1n) is 6.46. The zero-order chi connectivity index (χ0) is 14.0. The van der Waals surface area contributed by atoms with E-state index >= 15 is 0 Å². The molecular weight excluding hydrogens is 306 g/mol. The Morgan fingerprint density at radius 3 is 2.68 bits per heavy atom. The van der Waals surface area contributed by atoms with Crippen LogP contribution in [0, 0.1) is 13.8 Å². The second kappa shape index (κ2) is 5.88. The molecule has 104 valence electrons. The van der Waals surface area contributed by atoms with Crippen molar-refractivity contribution in [1.82, 2.24) is 24.9 Å². The van der Waals surface area contributed by atoms with Crippen molar-refractivity contribution in [2.24, 2.45) is 0 Å². The fourth-order valence-corrected chi connectivity index (χ4v) is 2.58. The van der Waals surface area contributed by atoms with Crippen LogP contribution >= 0.6 is 15.9 Å². The van der Waals surface area contributed by atoms with Gasteiger partial charge in [0.2, 0.25) is 0 Å². The van der Waals surface area contributed by atoms with Crippen LogP contribution in [0.5, 0.6) is 0 Å². The smallest absolute Gasteiger partial charge is 0.0842 e. The molecule has 2 heterocycles. The van der Waals surface area contributed by atoms with Crippen molar-refractivity contribution < 1.29 is 0 Å². The van der Waals surface area contributed by atoms with E-state index in [1.165, 1.54) is 17.0 Å². The predicted molar refractivity (Wildman–Crippen MR) is 79.2 cm³/mol. The van der Waals surface area contributed by atoms with Gasteiger partial charge in [0, 0.05) is 24.3 Å². The second-order valence-electron chi connectivity index (χ2n) is 4.61. The lowest BCUT2D eigenvalue weighted by Crippen LogP contribution is -2.11. The Hall–Kier alpha value is -1.14. The maximum atomic E-state index is 4.51. The van der Waals surface area contributed by atoms with E-state index in [-0.39, 0.29) is 0 Å². The van der Waals surface area contributed by atoms with Crippen LogP contribution in [0.4, 0.5) is 0 Å². The third kappa shape index (κ3) is 2.74. The number of aryl methyl sites for hydroxylation is 2. The molecule has 19 heavy (non-hydrogen) atoms. The summed E-state index contributed by atoms with van der Waals surface area (Å²) < 4.78 is 5.14.